The maximum Gasteiger partial charge on any atom is 0.244 e. The van der Waals surface area contributed by atoms with Crippen LogP contribution in [0.5, 0.6) is 0 Å². The SMILES string of the molecule is NC1(c2noc(C(Sc3ccc(F)cc3)c3ccccc3)n2)CCC1. The third-order valence-electron chi connectivity index (χ3n) is 4.53. The Labute approximate surface area is 149 Å². The highest BCUT2D eigenvalue weighted by Crippen LogP contribution is 2.42. The number of hydrogen-bond acceptors (Lipinski definition) is 5. The van der Waals surface area contributed by atoms with Crippen LogP contribution in [0.2, 0.25) is 0 Å². The van der Waals surface area contributed by atoms with Gasteiger partial charge in [0, 0.05) is 4.90 Å². The van der Waals surface area contributed by atoms with Crippen LogP contribution in [-0.2, 0) is 5.54 Å². The van der Waals surface area contributed by atoms with Crippen molar-refractivity contribution in [2.24, 2.45) is 5.73 Å². The van der Waals surface area contributed by atoms with Crippen LogP contribution in [0.3, 0.4) is 0 Å². The Morgan fingerprint density at radius 2 is 1.80 bits per heavy atom. The van der Waals surface area contributed by atoms with E-state index in [1.54, 1.807) is 23.9 Å². The van der Waals surface area contributed by atoms with E-state index in [4.69, 9.17) is 10.3 Å². The molecule has 1 saturated carbocycles. The first-order chi connectivity index (χ1) is 12.1. The third kappa shape index (κ3) is 3.32. The van der Waals surface area contributed by atoms with Gasteiger partial charge in [0.05, 0.1) is 5.54 Å². The van der Waals surface area contributed by atoms with Gasteiger partial charge in [-0.2, -0.15) is 4.98 Å². The Balaban J connectivity index is 1.67. The van der Waals surface area contributed by atoms with E-state index >= 15 is 0 Å². The second-order valence-corrected chi connectivity index (χ2v) is 7.51. The number of thioether (sulfide) groups is 1. The van der Waals surface area contributed by atoms with Gasteiger partial charge in [0.2, 0.25) is 5.89 Å². The third-order valence-corrected chi connectivity index (χ3v) is 5.78. The van der Waals surface area contributed by atoms with E-state index in [9.17, 15) is 4.39 Å². The Bertz CT molecular complexity index is 847. The van der Waals surface area contributed by atoms with E-state index < -0.39 is 5.54 Å². The molecule has 1 aliphatic rings. The van der Waals surface area contributed by atoms with Crippen LogP contribution < -0.4 is 5.73 Å². The summed E-state index contributed by atoms with van der Waals surface area (Å²) in [7, 11) is 0. The van der Waals surface area contributed by atoms with Gasteiger partial charge >= 0.3 is 0 Å². The Hall–Kier alpha value is -2.18. The number of aromatic nitrogens is 2. The number of hydrogen-bond donors (Lipinski definition) is 1. The fraction of sp³-hybridized carbons (Fsp3) is 0.263. The second-order valence-electron chi connectivity index (χ2n) is 6.33. The first-order valence-electron chi connectivity index (χ1n) is 8.24. The molecule has 3 aromatic rings. The van der Waals surface area contributed by atoms with Gasteiger partial charge in [-0.1, -0.05) is 35.5 Å². The molecule has 0 amide bonds. The summed E-state index contributed by atoms with van der Waals surface area (Å²) < 4.78 is 18.7. The van der Waals surface area contributed by atoms with E-state index in [-0.39, 0.29) is 11.1 Å². The maximum atomic E-state index is 13.2. The van der Waals surface area contributed by atoms with Crippen molar-refractivity contribution in [2.45, 2.75) is 34.9 Å². The lowest BCUT2D eigenvalue weighted by Crippen LogP contribution is -2.44. The number of nitrogens with zero attached hydrogens (tertiary/aromatic N) is 2. The molecule has 1 atom stereocenters. The smallest absolute Gasteiger partial charge is 0.244 e. The van der Waals surface area contributed by atoms with Crippen LogP contribution in [0, 0.1) is 5.82 Å². The summed E-state index contributed by atoms with van der Waals surface area (Å²) >= 11 is 1.55. The zero-order valence-corrected chi connectivity index (χ0v) is 14.4. The summed E-state index contributed by atoms with van der Waals surface area (Å²) in [5.41, 5.74) is 6.91. The zero-order chi connectivity index (χ0) is 17.3. The molecule has 1 aliphatic carbocycles. The summed E-state index contributed by atoms with van der Waals surface area (Å²) in [5.74, 6) is 0.845. The van der Waals surface area contributed by atoms with Crippen molar-refractivity contribution < 1.29 is 8.91 Å². The second kappa shape index (κ2) is 6.61. The summed E-state index contributed by atoms with van der Waals surface area (Å²) in [6.07, 6.45) is 2.85. The highest BCUT2D eigenvalue weighted by atomic mass is 32.2. The van der Waals surface area contributed by atoms with Crippen LogP contribution in [0.15, 0.2) is 64.0 Å². The highest BCUT2D eigenvalue weighted by molar-refractivity contribution is 7.99. The van der Waals surface area contributed by atoms with Crippen molar-refractivity contribution in [3.63, 3.8) is 0 Å². The van der Waals surface area contributed by atoms with E-state index in [1.165, 1.54) is 12.1 Å². The van der Waals surface area contributed by atoms with Gasteiger partial charge in [0.15, 0.2) is 5.82 Å². The van der Waals surface area contributed by atoms with Gasteiger partial charge in [-0.05, 0) is 49.1 Å². The largest absolute Gasteiger partial charge is 0.338 e. The molecule has 128 valence electrons. The van der Waals surface area contributed by atoms with Gasteiger partial charge in [0.25, 0.3) is 0 Å². The van der Waals surface area contributed by atoms with Gasteiger partial charge in [-0.25, -0.2) is 4.39 Å². The van der Waals surface area contributed by atoms with E-state index in [1.807, 2.05) is 30.3 Å². The topological polar surface area (TPSA) is 64.9 Å². The lowest BCUT2D eigenvalue weighted by Gasteiger charge is -2.34. The van der Waals surface area contributed by atoms with Gasteiger partial charge in [-0.15, -0.1) is 11.8 Å². The number of halogens is 1. The minimum Gasteiger partial charge on any atom is -0.338 e. The Morgan fingerprint density at radius 1 is 1.08 bits per heavy atom. The fourth-order valence-corrected chi connectivity index (χ4v) is 3.92. The molecule has 6 heteroatoms. The standard InChI is InChI=1S/C19H18FN3OS/c20-14-7-9-15(10-8-14)25-16(13-5-2-1-3-6-13)17-22-18(23-24-17)19(21)11-4-12-19/h1-3,5-10,16H,4,11-12,21H2. The molecule has 4 rings (SSSR count). The molecule has 0 aliphatic heterocycles. The first-order valence-corrected chi connectivity index (χ1v) is 9.12. The minimum atomic E-state index is -0.455. The molecule has 0 radical (unpaired) electrons. The lowest BCUT2D eigenvalue weighted by atomic mass is 9.77. The summed E-state index contributed by atoms with van der Waals surface area (Å²) in [6, 6.07) is 16.4. The molecule has 4 nitrogen and oxygen atoms in total. The van der Waals surface area contributed by atoms with Crippen molar-refractivity contribution in [1.29, 1.82) is 0 Å². The van der Waals surface area contributed by atoms with E-state index in [0.717, 1.165) is 29.7 Å². The van der Waals surface area contributed by atoms with Crippen LogP contribution in [0.4, 0.5) is 4.39 Å². The predicted octanol–water partition coefficient (Wildman–Crippen LogP) is 4.43. The van der Waals surface area contributed by atoms with Crippen molar-refractivity contribution in [2.75, 3.05) is 0 Å². The summed E-state index contributed by atoms with van der Waals surface area (Å²) in [4.78, 5) is 5.53. The van der Waals surface area contributed by atoms with Crippen molar-refractivity contribution in [3.8, 4) is 0 Å². The fourth-order valence-electron chi connectivity index (χ4n) is 2.86. The van der Waals surface area contributed by atoms with Crippen LogP contribution >= 0.6 is 11.8 Å². The average Bonchev–Trinajstić information content (AvgIpc) is 3.10. The molecule has 0 spiro atoms. The first kappa shape index (κ1) is 16.3. The number of rotatable bonds is 5. The molecule has 0 bridgehead atoms. The van der Waals surface area contributed by atoms with Gasteiger partial charge < -0.3 is 10.3 Å². The summed E-state index contributed by atoms with van der Waals surface area (Å²) in [5, 5.41) is 3.96. The zero-order valence-electron chi connectivity index (χ0n) is 13.6. The molecular formula is C19H18FN3OS. The molecule has 2 aromatic carbocycles. The molecule has 1 heterocycles. The lowest BCUT2D eigenvalue weighted by molar-refractivity contribution is 0.229. The predicted molar refractivity (Wildman–Crippen MR) is 94.6 cm³/mol. The van der Waals surface area contributed by atoms with Crippen LogP contribution in [0.1, 0.15) is 41.8 Å². The number of benzene rings is 2. The average molecular weight is 355 g/mol. The van der Waals surface area contributed by atoms with Crippen LogP contribution in [-0.4, -0.2) is 10.1 Å². The minimum absolute atomic E-state index is 0.170. The van der Waals surface area contributed by atoms with Crippen molar-refractivity contribution in [1.82, 2.24) is 10.1 Å². The molecule has 25 heavy (non-hydrogen) atoms. The van der Waals surface area contributed by atoms with E-state index in [0.29, 0.717) is 11.7 Å². The van der Waals surface area contributed by atoms with Gasteiger partial charge in [-0.3, -0.25) is 0 Å². The molecular weight excluding hydrogens is 337 g/mol. The van der Waals surface area contributed by atoms with Crippen molar-refractivity contribution in [3.05, 3.63) is 77.7 Å². The number of nitrogens with two attached hydrogens (primary N) is 1. The molecule has 1 unspecified atom stereocenters. The maximum absolute atomic E-state index is 13.2. The molecule has 1 aromatic heterocycles. The highest BCUT2D eigenvalue weighted by Gasteiger charge is 2.39. The monoisotopic (exact) mass is 355 g/mol. The molecule has 2 N–H and O–H groups in total. The quantitative estimate of drug-likeness (QED) is 0.686. The Morgan fingerprint density at radius 3 is 2.44 bits per heavy atom. The van der Waals surface area contributed by atoms with E-state index in [2.05, 4.69) is 10.1 Å². The summed E-state index contributed by atoms with van der Waals surface area (Å²) in [6.45, 7) is 0. The van der Waals surface area contributed by atoms with Crippen LogP contribution in [0.25, 0.3) is 0 Å². The normalized spacial score (nSPS) is 17.0. The molecule has 1 fully saturated rings. The Kier molecular flexibility index (Phi) is 4.31. The van der Waals surface area contributed by atoms with Crippen molar-refractivity contribution >= 4 is 11.8 Å². The molecule has 0 saturated heterocycles. The van der Waals surface area contributed by atoms with Gasteiger partial charge in [0.1, 0.15) is 11.1 Å².